The fourth-order valence-electron chi connectivity index (χ4n) is 2.97. The molecule has 1 unspecified atom stereocenters. The number of carbonyl (C=O) groups excluding carboxylic acids is 1. The van der Waals surface area contributed by atoms with Gasteiger partial charge in [-0.3, -0.25) is 4.79 Å². The first-order valence-corrected chi connectivity index (χ1v) is 9.00. The smallest absolute Gasteiger partial charge is 0.253 e. The van der Waals surface area contributed by atoms with E-state index in [2.05, 4.69) is 15.0 Å². The highest BCUT2D eigenvalue weighted by Crippen LogP contribution is 2.18. The second-order valence-corrected chi connectivity index (χ2v) is 6.89. The molecule has 7 nitrogen and oxygen atoms in total. The SMILES string of the molecule is O=C(C1CN(c2ccn3nccc3n2)CCO1)N1CCSCC1. The topological polar surface area (TPSA) is 63.0 Å². The molecule has 0 N–H and O–H groups in total. The molecule has 4 heterocycles. The van der Waals surface area contributed by atoms with E-state index in [9.17, 15) is 4.79 Å². The van der Waals surface area contributed by atoms with Gasteiger partial charge in [0.05, 0.1) is 19.3 Å². The van der Waals surface area contributed by atoms with E-state index in [-0.39, 0.29) is 5.91 Å². The lowest BCUT2D eigenvalue weighted by Gasteiger charge is -2.36. The first-order chi connectivity index (χ1) is 11.3. The van der Waals surface area contributed by atoms with Gasteiger partial charge in [0.2, 0.25) is 0 Å². The highest BCUT2D eigenvalue weighted by atomic mass is 32.2. The molecule has 2 fully saturated rings. The summed E-state index contributed by atoms with van der Waals surface area (Å²) in [5, 5.41) is 4.16. The second kappa shape index (κ2) is 6.37. The molecule has 2 aliphatic rings. The Labute approximate surface area is 138 Å². The molecule has 2 aromatic rings. The zero-order valence-corrected chi connectivity index (χ0v) is 13.6. The van der Waals surface area contributed by atoms with E-state index in [1.807, 2.05) is 35.0 Å². The van der Waals surface area contributed by atoms with Gasteiger partial charge >= 0.3 is 0 Å². The lowest BCUT2D eigenvalue weighted by atomic mass is 10.2. The number of morpholine rings is 1. The van der Waals surface area contributed by atoms with Crippen LogP contribution in [0.15, 0.2) is 24.5 Å². The Bertz CT molecular complexity index is 700. The number of aromatic nitrogens is 3. The third-order valence-corrected chi connectivity index (χ3v) is 5.17. The van der Waals surface area contributed by atoms with Gasteiger partial charge in [-0.05, 0) is 6.07 Å². The molecule has 2 aromatic heterocycles. The molecule has 0 aliphatic carbocycles. The zero-order chi connectivity index (χ0) is 15.6. The van der Waals surface area contributed by atoms with Gasteiger partial charge in [-0.2, -0.15) is 16.9 Å². The molecule has 0 bridgehead atoms. The first kappa shape index (κ1) is 14.8. The number of hydrogen-bond acceptors (Lipinski definition) is 6. The van der Waals surface area contributed by atoms with Crippen molar-refractivity contribution in [2.24, 2.45) is 0 Å². The fraction of sp³-hybridized carbons (Fsp3) is 0.533. The number of hydrogen-bond donors (Lipinski definition) is 0. The maximum absolute atomic E-state index is 12.6. The molecule has 0 aromatic carbocycles. The molecule has 0 saturated carbocycles. The van der Waals surface area contributed by atoms with Crippen molar-refractivity contribution in [3.8, 4) is 0 Å². The molecule has 1 amide bonds. The van der Waals surface area contributed by atoms with Gasteiger partial charge in [-0.1, -0.05) is 0 Å². The van der Waals surface area contributed by atoms with Crippen molar-refractivity contribution in [3.05, 3.63) is 24.5 Å². The largest absolute Gasteiger partial charge is 0.365 e. The summed E-state index contributed by atoms with van der Waals surface area (Å²) in [6.07, 6.45) is 3.23. The lowest BCUT2D eigenvalue weighted by molar-refractivity contribution is -0.144. The minimum atomic E-state index is -0.394. The van der Waals surface area contributed by atoms with E-state index >= 15 is 0 Å². The molecule has 23 heavy (non-hydrogen) atoms. The molecule has 8 heteroatoms. The number of nitrogens with zero attached hydrogens (tertiary/aromatic N) is 5. The summed E-state index contributed by atoms with van der Waals surface area (Å²) in [6, 6.07) is 3.81. The zero-order valence-electron chi connectivity index (χ0n) is 12.8. The molecule has 1 atom stereocenters. The van der Waals surface area contributed by atoms with Gasteiger partial charge < -0.3 is 14.5 Å². The van der Waals surface area contributed by atoms with Gasteiger partial charge in [0, 0.05) is 43.4 Å². The summed E-state index contributed by atoms with van der Waals surface area (Å²) in [7, 11) is 0. The Morgan fingerprint density at radius 1 is 1.26 bits per heavy atom. The van der Waals surface area contributed by atoms with Crippen molar-refractivity contribution in [2.45, 2.75) is 6.10 Å². The number of fused-ring (bicyclic) bond motifs is 1. The van der Waals surface area contributed by atoms with Crippen LogP contribution in [0.25, 0.3) is 5.65 Å². The molecule has 4 rings (SSSR count). The van der Waals surface area contributed by atoms with E-state index in [0.717, 1.165) is 42.6 Å². The third-order valence-electron chi connectivity index (χ3n) is 4.23. The quantitative estimate of drug-likeness (QED) is 0.798. The molecular weight excluding hydrogens is 314 g/mol. The summed E-state index contributed by atoms with van der Waals surface area (Å²) in [6.45, 7) is 3.49. The third kappa shape index (κ3) is 3.00. The summed E-state index contributed by atoms with van der Waals surface area (Å²) in [5.74, 6) is 3.01. The maximum Gasteiger partial charge on any atom is 0.253 e. The van der Waals surface area contributed by atoms with E-state index in [1.54, 1.807) is 10.7 Å². The molecule has 2 saturated heterocycles. The predicted molar refractivity (Wildman–Crippen MR) is 88.8 cm³/mol. The summed E-state index contributed by atoms with van der Waals surface area (Å²) in [5.41, 5.74) is 0.810. The Morgan fingerprint density at radius 2 is 2.13 bits per heavy atom. The number of anilines is 1. The fourth-order valence-corrected chi connectivity index (χ4v) is 3.88. The average molecular weight is 333 g/mol. The van der Waals surface area contributed by atoms with E-state index in [0.29, 0.717) is 13.2 Å². The highest BCUT2D eigenvalue weighted by Gasteiger charge is 2.31. The Balaban J connectivity index is 1.48. The van der Waals surface area contributed by atoms with Crippen LogP contribution in [0, 0.1) is 0 Å². The van der Waals surface area contributed by atoms with Gasteiger partial charge in [0.15, 0.2) is 11.8 Å². The second-order valence-electron chi connectivity index (χ2n) is 5.66. The van der Waals surface area contributed by atoms with Crippen LogP contribution in [0.2, 0.25) is 0 Å². The van der Waals surface area contributed by atoms with Crippen LogP contribution in [0.4, 0.5) is 5.82 Å². The van der Waals surface area contributed by atoms with Crippen LogP contribution >= 0.6 is 11.8 Å². The molecule has 2 aliphatic heterocycles. The van der Waals surface area contributed by atoms with E-state index in [1.165, 1.54) is 0 Å². The normalized spacial score (nSPS) is 22.5. The van der Waals surface area contributed by atoms with Gasteiger partial charge in [-0.25, -0.2) is 9.50 Å². The number of ether oxygens (including phenoxy) is 1. The van der Waals surface area contributed by atoms with Crippen LogP contribution in [0.1, 0.15) is 0 Å². The number of rotatable bonds is 2. The molecule has 0 radical (unpaired) electrons. The summed E-state index contributed by atoms with van der Waals surface area (Å²) >= 11 is 1.90. The maximum atomic E-state index is 12.6. The number of carbonyl (C=O) groups is 1. The monoisotopic (exact) mass is 333 g/mol. The average Bonchev–Trinajstić information content (AvgIpc) is 3.09. The van der Waals surface area contributed by atoms with Crippen molar-refractivity contribution in [2.75, 3.05) is 49.2 Å². The number of amides is 1. The van der Waals surface area contributed by atoms with Crippen LogP contribution in [0.5, 0.6) is 0 Å². The summed E-state index contributed by atoms with van der Waals surface area (Å²) < 4.78 is 7.47. The highest BCUT2D eigenvalue weighted by molar-refractivity contribution is 7.99. The standard InChI is InChI=1S/C15H19N5O2S/c21-15(18-6-9-23-10-7-18)12-11-19(5-8-22-12)13-2-4-20-14(17-13)1-3-16-20/h1-4,12H,5-11H2. The predicted octanol–water partition coefficient (Wildman–Crippen LogP) is 0.510. The van der Waals surface area contributed by atoms with Crippen LogP contribution < -0.4 is 4.90 Å². The minimum absolute atomic E-state index is 0.112. The van der Waals surface area contributed by atoms with Crippen molar-refractivity contribution in [1.82, 2.24) is 19.5 Å². The molecule has 122 valence electrons. The lowest BCUT2D eigenvalue weighted by Crippen LogP contribution is -2.52. The Kier molecular flexibility index (Phi) is 4.09. The van der Waals surface area contributed by atoms with Crippen molar-refractivity contribution >= 4 is 29.1 Å². The van der Waals surface area contributed by atoms with Crippen molar-refractivity contribution in [1.29, 1.82) is 0 Å². The number of thioether (sulfide) groups is 1. The van der Waals surface area contributed by atoms with Crippen LogP contribution in [0.3, 0.4) is 0 Å². The van der Waals surface area contributed by atoms with E-state index in [4.69, 9.17) is 4.74 Å². The summed E-state index contributed by atoms with van der Waals surface area (Å²) in [4.78, 5) is 21.3. The van der Waals surface area contributed by atoms with Gasteiger partial charge in [-0.15, -0.1) is 0 Å². The van der Waals surface area contributed by atoms with Crippen LogP contribution in [-0.4, -0.2) is 75.8 Å². The van der Waals surface area contributed by atoms with Crippen LogP contribution in [-0.2, 0) is 9.53 Å². The van der Waals surface area contributed by atoms with Gasteiger partial charge in [0.25, 0.3) is 5.91 Å². The van der Waals surface area contributed by atoms with Crippen molar-refractivity contribution in [3.63, 3.8) is 0 Å². The van der Waals surface area contributed by atoms with Crippen molar-refractivity contribution < 1.29 is 9.53 Å². The Hall–Kier alpha value is -1.80. The van der Waals surface area contributed by atoms with E-state index < -0.39 is 6.10 Å². The molecule has 0 spiro atoms. The Morgan fingerprint density at radius 3 is 3.00 bits per heavy atom. The minimum Gasteiger partial charge on any atom is -0.365 e. The van der Waals surface area contributed by atoms with Gasteiger partial charge in [0.1, 0.15) is 5.82 Å². The molecular formula is C15H19N5O2S. The first-order valence-electron chi connectivity index (χ1n) is 7.85.